The van der Waals surface area contributed by atoms with Crippen molar-refractivity contribution in [2.45, 2.75) is 18.4 Å². The average molecular weight is 349 g/mol. The number of carbonyl (C=O) groups excluding carboxylic acids is 1. The van der Waals surface area contributed by atoms with Crippen LogP contribution in [0.25, 0.3) is 0 Å². The Labute approximate surface area is 146 Å². The molecule has 0 saturated carbocycles. The maximum absolute atomic E-state index is 12.8. The van der Waals surface area contributed by atoms with Gasteiger partial charge in [-0.15, -0.1) is 0 Å². The van der Waals surface area contributed by atoms with Crippen molar-refractivity contribution in [1.82, 2.24) is 20.4 Å². The SMILES string of the molecule is O=C(NCCOc1cccc(Cl)c1)C1(n2cccn2)CCNCC1. The first-order valence-corrected chi connectivity index (χ1v) is 8.46. The van der Waals surface area contributed by atoms with Gasteiger partial charge in [-0.2, -0.15) is 5.10 Å². The Morgan fingerprint density at radius 2 is 2.21 bits per heavy atom. The van der Waals surface area contributed by atoms with Crippen LogP contribution in [-0.4, -0.2) is 41.9 Å². The van der Waals surface area contributed by atoms with Gasteiger partial charge in [0.15, 0.2) is 0 Å². The molecule has 1 saturated heterocycles. The Morgan fingerprint density at radius 3 is 2.92 bits per heavy atom. The highest BCUT2D eigenvalue weighted by Gasteiger charge is 2.41. The van der Waals surface area contributed by atoms with E-state index in [9.17, 15) is 4.79 Å². The summed E-state index contributed by atoms with van der Waals surface area (Å²) in [7, 11) is 0. The molecule has 0 radical (unpaired) electrons. The second-order valence-electron chi connectivity index (χ2n) is 5.79. The second-order valence-corrected chi connectivity index (χ2v) is 6.23. The minimum Gasteiger partial charge on any atom is -0.492 e. The fourth-order valence-electron chi connectivity index (χ4n) is 2.98. The van der Waals surface area contributed by atoms with Gasteiger partial charge in [0.1, 0.15) is 17.9 Å². The monoisotopic (exact) mass is 348 g/mol. The summed E-state index contributed by atoms with van der Waals surface area (Å²) >= 11 is 5.92. The Bertz CT molecular complexity index is 669. The molecular weight excluding hydrogens is 328 g/mol. The third-order valence-corrected chi connectivity index (χ3v) is 4.48. The zero-order valence-corrected chi connectivity index (χ0v) is 14.1. The van der Waals surface area contributed by atoms with Crippen molar-refractivity contribution in [3.63, 3.8) is 0 Å². The normalized spacial score (nSPS) is 16.5. The molecule has 1 fully saturated rings. The van der Waals surface area contributed by atoms with Gasteiger partial charge in [0.2, 0.25) is 5.91 Å². The molecule has 1 aliphatic heterocycles. The van der Waals surface area contributed by atoms with E-state index in [2.05, 4.69) is 15.7 Å². The number of rotatable bonds is 6. The molecule has 0 bridgehead atoms. The Balaban J connectivity index is 1.56. The van der Waals surface area contributed by atoms with Gasteiger partial charge >= 0.3 is 0 Å². The van der Waals surface area contributed by atoms with Gasteiger partial charge in [0.25, 0.3) is 0 Å². The predicted molar refractivity (Wildman–Crippen MR) is 92.3 cm³/mol. The van der Waals surface area contributed by atoms with Gasteiger partial charge in [0.05, 0.1) is 6.54 Å². The molecule has 0 atom stereocenters. The molecule has 24 heavy (non-hydrogen) atoms. The summed E-state index contributed by atoms with van der Waals surface area (Å²) in [5.74, 6) is 0.683. The summed E-state index contributed by atoms with van der Waals surface area (Å²) in [6, 6.07) is 9.06. The van der Waals surface area contributed by atoms with Crippen molar-refractivity contribution in [2.24, 2.45) is 0 Å². The molecule has 1 aliphatic rings. The molecule has 2 heterocycles. The summed E-state index contributed by atoms with van der Waals surface area (Å²) in [5.41, 5.74) is -0.620. The van der Waals surface area contributed by atoms with Crippen LogP contribution in [0.5, 0.6) is 5.75 Å². The van der Waals surface area contributed by atoms with E-state index >= 15 is 0 Å². The van der Waals surface area contributed by atoms with Crippen molar-refractivity contribution >= 4 is 17.5 Å². The van der Waals surface area contributed by atoms with E-state index in [0.717, 1.165) is 25.9 Å². The van der Waals surface area contributed by atoms with E-state index < -0.39 is 5.54 Å². The van der Waals surface area contributed by atoms with Gasteiger partial charge in [-0.1, -0.05) is 17.7 Å². The molecule has 2 aromatic rings. The first-order valence-electron chi connectivity index (χ1n) is 8.08. The standard InChI is InChI=1S/C17H21ClN4O2/c18-14-3-1-4-15(13-14)24-12-10-20-16(23)17(5-8-19-9-6-17)22-11-2-7-21-22/h1-4,7,11,13,19H,5-6,8-10,12H2,(H,20,23). The van der Waals surface area contributed by atoms with Crippen LogP contribution in [0.4, 0.5) is 0 Å². The van der Waals surface area contributed by atoms with Crippen molar-refractivity contribution in [3.8, 4) is 5.75 Å². The molecule has 0 aliphatic carbocycles. The number of hydrogen-bond acceptors (Lipinski definition) is 4. The lowest BCUT2D eigenvalue weighted by Crippen LogP contribution is -2.55. The lowest BCUT2D eigenvalue weighted by Gasteiger charge is -2.36. The highest BCUT2D eigenvalue weighted by atomic mass is 35.5. The first-order chi connectivity index (χ1) is 11.7. The van der Waals surface area contributed by atoms with Crippen molar-refractivity contribution in [2.75, 3.05) is 26.2 Å². The fraction of sp³-hybridized carbons (Fsp3) is 0.412. The number of nitrogens with one attached hydrogen (secondary N) is 2. The zero-order valence-electron chi connectivity index (χ0n) is 13.4. The third-order valence-electron chi connectivity index (χ3n) is 4.25. The third kappa shape index (κ3) is 3.71. The molecule has 2 N–H and O–H groups in total. The van der Waals surface area contributed by atoms with Crippen LogP contribution in [-0.2, 0) is 10.3 Å². The number of nitrogens with zero attached hydrogens (tertiary/aromatic N) is 2. The number of amides is 1. The van der Waals surface area contributed by atoms with E-state index in [0.29, 0.717) is 23.9 Å². The smallest absolute Gasteiger partial charge is 0.248 e. The van der Waals surface area contributed by atoms with Gasteiger partial charge in [-0.05, 0) is 50.2 Å². The Kier molecular flexibility index (Phi) is 5.37. The summed E-state index contributed by atoms with van der Waals surface area (Å²) in [6.45, 7) is 2.42. The van der Waals surface area contributed by atoms with E-state index in [-0.39, 0.29) is 5.91 Å². The Morgan fingerprint density at radius 1 is 1.38 bits per heavy atom. The molecule has 0 unspecified atom stereocenters. The fourth-order valence-corrected chi connectivity index (χ4v) is 3.16. The minimum atomic E-state index is -0.620. The number of halogens is 1. The number of ether oxygens (including phenoxy) is 1. The molecule has 7 heteroatoms. The van der Waals surface area contributed by atoms with Crippen LogP contribution in [0, 0.1) is 0 Å². The number of aromatic nitrogens is 2. The van der Waals surface area contributed by atoms with Crippen molar-refractivity contribution < 1.29 is 9.53 Å². The largest absolute Gasteiger partial charge is 0.492 e. The van der Waals surface area contributed by atoms with Crippen LogP contribution in [0.15, 0.2) is 42.7 Å². The molecule has 1 aromatic carbocycles. The molecule has 6 nitrogen and oxygen atoms in total. The number of hydrogen-bond donors (Lipinski definition) is 2. The highest BCUT2D eigenvalue weighted by molar-refractivity contribution is 6.30. The minimum absolute atomic E-state index is 0.0117. The van der Waals surface area contributed by atoms with Gasteiger partial charge < -0.3 is 15.4 Å². The molecule has 1 amide bonds. The van der Waals surface area contributed by atoms with Crippen molar-refractivity contribution in [3.05, 3.63) is 47.7 Å². The van der Waals surface area contributed by atoms with E-state index in [4.69, 9.17) is 16.3 Å². The van der Waals surface area contributed by atoms with Crippen LogP contribution >= 0.6 is 11.6 Å². The van der Waals surface area contributed by atoms with Crippen LogP contribution in [0.3, 0.4) is 0 Å². The number of benzene rings is 1. The zero-order chi connectivity index (χ0) is 16.8. The first kappa shape index (κ1) is 16.8. The molecule has 3 rings (SSSR count). The second kappa shape index (κ2) is 7.68. The maximum atomic E-state index is 12.8. The van der Waals surface area contributed by atoms with Gasteiger partial charge in [-0.25, -0.2) is 0 Å². The van der Waals surface area contributed by atoms with E-state index in [1.807, 2.05) is 24.4 Å². The quantitative estimate of drug-likeness (QED) is 0.781. The molecule has 0 spiro atoms. The summed E-state index contributed by atoms with van der Waals surface area (Å²) in [5, 5.41) is 11.2. The topological polar surface area (TPSA) is 68.2 Å². The van der Waals surface area contributed by atoms with Crippen LogP contribution in [0.1, 0.15) is 12.8 Å². The average Bonchev–Trinajstić information content (AvgIpc) is 3.14. The lowest BCUT2D eigenvalue weighted by molar-refractivity contribution is -0.132. The van der Waals surface area contributed by atoms with Crippen molar-refractivity contribution in [1.29, 1.82) is 0 Å². The predicted octanol–water partition coefficient (Wildman–Crippen LogP) is 1.81. The lowest BCUT2D eigenvalue weighted by atomic mass is 9.87. The van der Waals surface area contributed by atoms with Gasteiger partial charge in [-0.3, -0.25) is 9.48 Å². The number of piperidine rings is 1. The molecule has 1 aromatic heterocycles. The number of carbonyl (C=O) groups is 1. The Hall–Kier alpha value is -2.05. The van der Waals surface area contributed by atoms with Crippen LogP contribution in [0.2, 0.25) is 5.02 Å². The van der Waals surface area contributed by atoms with Gasteiger partial charge in [0, 0.05) is 17.4 Å². The molecular formula is C17H21ClN4O2. The van der Waals surface area contributed by atoms with Crippen LogP contribution < -0.4 is 15.4 Å². The summed E-state index contributed by atoms with van der Waals surface area (Å²) in [6.07, 6.45) is 5.00. The summed E-state index contributed by atoms with van der Waals surface area (Å²) in [4.78, 5) is 12.8. The van der Waals surface area contributed by atoms with E-state index in [1.54, 1.807) is 23.0 Å². The molecule has 128 valence electrons. The highest BCUT2D eigenvalue weighted by Crippen LogP contribution is 2.27. The van der Waals surface area contributed by atoms with E-state index in [1.165, 1.54) is 0 Å². The maximum Gasteiger partial charge on any atom is 0.248 e. The summed E-state index contributed by atoms with van der Waals surface area (Å²) < 4.78 is 7.39.